The number of piperidine rings is 1. The Morgan fingerprint density at radius 3 is 2.50 bits per heavy atom. The van der Waals surface area contributed by atoms with Crippen LogP contribution in [0.25, 0.3) is 0 Å². The van der Waals surface area contributed by atoms with E-state index >= 15 is 0 Å². The third-order valence-corrected chi connectivity index (χ3v) is 5.50. The molecular formula is C11H17F3N2O3S. The zero-order valence-electron chi connectivity index (χ0n) is 10.8. The van der Waals surface area contributed by atoms with E-state index in [-0.39, 0.29) is 31.0 Å². The second-order valence-electron chi connectivity index (χ2n) is 5.38. The number of hydrogen-bond donors (Lipinski definition) is 1. The highest BCUT2D eigenvalue weighted by atomic mass is 32.2. The highest BCUT2D eigenvalue weighted by Gasteiger charge is 2.43. The monoisotopic (exact) mass is 314 g/mol. The fourth-order valence-electron chi connectivity index (χ4n) is 2.60. The molecule has 0 radical (unpaired) electrons. The summed E-state index contributed by atoms with van der Waals surface area (Å²) in [5.41, 5.74) is 0. The number of urea groups is 1. The van der Waals surface area contributed by atoms with E-state index in [0.717, 1.165) is 4.90 Å². The summed E-state index contributed by atoms with van der Waals surface area (Å²) in [6.45, 7) is -0.0767. The van der Waals surface area contributed by atoms with Crippen LogP contribution in [0.2, 0.25) is 0 Å². The lowest BCUT2D eigenvalue weighted by atomic mass is 9.98. The van der Waals surface area contributed by atoms with Crippen LogP contribution in [0.3, 0.4) is 0 Å². The fraction of sp³-hybridized carbons (Fsp3) is 0.909. The number of nitrogens with zero attached hydrogens (tertiary/aromatic N) is 1. The molecule has 2 aliphatic heterocycles. The molecule has 2 heterocycles. The first-order chi connectivity index (χ1) is 9.17. The molecule has 0 saturated carbocycles. The molecule has 5 nitrogen and oxygen atoms in total. The average molecular weight is 314 g/mol. The molecule has 2 fully saturated rings. The largest absolute Gasteiger partial charge is 0.393 e. The van der Waals surface area contributed by atoms with Crippen molar-refractivity contribution in [2.24, 2.45) is 5.92 Å². The molecule has 9 heteroatoms. The van der Waals surface area contributed by atoms with Gasteiger partial charge in [0.25, 0.3) is 0 Å². The highest BCUT2D eigenvalue weighted by Crippen LogP contribution is 2.33. The maximum atomic E-state index is 12.6. The predicted octanol–water partition coefficient (Wildman–Crippen LogP) is 1.16. The molecule has 0 aliphatic carbocycles. The highest BCUT2D eigenvalue weighted by molar-refractivity contribution is 7.91. The van der Waals surface area contributed by atoms with E-state index in [4.69, 9.17) is 0 Å². The number of hydrogen-bond acceptors (Lipinski definition) is 3. The normalized spacial score (nSPS) is 30.2. The van der Waals surface area contributed by atoms with E-state index in [1.54, 1.807) is 0 Å². The molecule has 2 rings (SSSR count). The lowest BCUT2D eigenvalue weighted by molar-refractivity contribution is -0.184. The van der Waals surface area contributed by atoms with Gasteiger partial charge in [-0.2, -0.15) is 13.2 Å². The first-order valence-corrected chi connectivity index (χ1v) is 8.32. The number of rotatable bonds is 1. The first-order valence-electron chi connectivity index (χ1n) is 6.50. The van der Waals surface area contributed by atoms with E-state index in [1.807, 2.05) is 0 Å². The molecule has 1 N–H and O–H groups in total. The van der Waals surface area contributed by atoms with Crippen LogP contribution < -0.4 is 5.32 Å². The van der Waals surface area contributed by atoms with Gasteiger partial charge < -0.3 is 10.2 Å². The molecule has 2 amide bonds. The third-order valence-electron chi connectivity index (χ3n) is 3.73. The molecule has 2 aliphatic rings. The van der Waals surface area contributed by atoms with Crippen molar-refractivity contribution in [1.29, 1.82) is 0 Å². The fourth-order valence-corrected chi connectivity index (χ4v) is 4.28. The van der Waals surface area contributed by atoms with E-state index in [2.05, 4.69) is 5.32 Å². The van der Waals surface area contributed by atoms with Crippen LogP contribution in [0.1, 0.15) is 19.3 Å². The van der Waals surface area contributed by atoms with Crippen LogP contribution in [0.5, 0.6) is 0 Å². The second kappa shape index (κ2) is 5.42. The van der Waals surface area contributed by atoms with Crippen molar-refractivity contribution in [2.75, 3.05) is 24.6 Å². The van der Waals surface area contributed by atoms with Crippen LogP contribution >= 0.6 is 0 Å². The summed E-state index contributed by atoms with van der Waals surface area (Å²) < 4.78 is 60.5. The topological polar surface area (TPSA) is 66.5 Å². The first kappa shape index (κ1) is 15.4. The maximum Gasteiger partial charge on any atom is 0.393 e. The molecule has 116 valence electrons. The number of sulfone groups is 1. The van der Waals surface area contributed by atoms with Crippen molar-refractivity contribution in [3.05, 3.63) is 0 Å². The van der Waals surface area contributed by atoms with Crippen molar-refractivity contribution in [2.45, 2.75) is 31.5 Å². The van der Waals surface area contributed by atoms with Crippen molar-refractivity contribution >= 4 is 15.9 Å². The van der Waals surface area contributed by atoms with E-state index in [9.17, 15) is 26.4 Å². The van der Waals surface area contributed by atoms with Gasteiger partial charge in [-0.15, -0.1) is 0 Å². The number of amides is 2. The van der Waals surface area contributed by atoms with Gasteiger partial charge in [-0.1, -0.05) is 0 Å². The Bertz CT molecular complexity index is 478. The molecule has 2 atom stereocenters. The Balaban J connectivity index is 1.90. The van der Waals surface area contributed by atoms with Gasteiger partial charge in [0.05, 0.1) is 17.4 Å². The molecule has 0 aromatic carbocycles. The molecule has 0 bridgehead atoms. The minimum atomic E-state index is -4.30. The van der Waals surface area contributed by atoms with Gasteiger partial charge in [-0.05, 0) is 19.3 Å². The number of carbonyl (C=O) groups is 1. The van der Waals surface area contributed by atoms with Gasteiger partial charge in [0.2, 0.25) is 0 Å². The average Bonchev–Trinajstić information content (AvgIpc) is 2.68. The van der Waals surface area contributed by atoms with Crippen LogP contribution in [0.15, 0.2) is 0 Å². The molecule has 0 aromatic rings. The number of carbonyl (C=O) groups excluding carboxylic acids is 1. The summed E-state index contributed by atoms with van der Waals surface area (Å²) in [6, 6.07) is -1.08. The Labute approximate surface area is 115 Å². The summed E-state index contributed by atoms with van der Waals surface area (Å²) in [5.74, 6) is -1.60. The van der Waals surface area contributed by atoms with Crippen molar-refractivity contribution in [3.63, 3.8) is 0 Å². The summed E-state index contributed by atoms with van der Waals surface area (Å²) in [6.07, 6.45) is -3.63. The number of nitrogens with one attached hydrogen (secondary N) is 1. The van der Waals surface area contributed by atoms with Crippen molar-refractivity contribution in [1.82, 2.24) is 10.2 Å². The second-order valence-corrected chi connectivity index (χ2v) is 7.60. The standard InChI is InChI=1S/C11H17F3N2O3S/c12-11(13,14)8-2-1-4-16(6-8)10(17)15-9-3-5-20(18,19)7-9/h8-9H,1-7H2,(H,15,17)/t8-,9+/m0/s1. The maximum absolute atomic E-state index is 12.6. The smallest absolute Gasteiger partial charge is 0.334 e. The van der Waals surface area contributed by atoms with Gasteiger partial charge in [-0.25, -0.2) is 13.2 Å². The lowest BCUT2D eigenvalue weighted by Crippen LogP contribution is -2.51. The SMILES string of the molecule is O=C(N[C@@H]1CCS(=O)(=O)C1)N1CCC[C@H](C(F)(F)F)C1. The minimum Gasteiger partial charge on any atom is -0.334 e. The molecule has 0 unspecified atom stereocenters. The molecular weight excluding hydrogens is 297 g/mol. The summed E-state index contributed by atoms with van der Waals surface area (Å²) in [7, 11) is -3.12. The summed E-state index contributed by atoms with van der Waals surface area (Å²) in [5, 5.41) is 2.52. The summed E-state index contributed by atoms with van der Waals surface area (Å²) >= 11 is 0. The Morgan fingerprint density at radius 2 is 1.95 bits per heavy atom. The minimum absolute atomic E-state index is 0.0170. The van der Waals surface area contributed by atoms with Gasteiger partial charge in [0, 0.05) is 19.1 Å². The molecule has 2 saturated heterocycles. The Hall–Kier alpha value is -0.990. The third kappa shape index (κ3) is 3.77. The van der Waals surface area contributed by atoms with Gasteiger partial charge in [0.15, 0.2) is 9.84 Å². The Kier molecular flexibility index (Phi) is 4.17. The van der Waals surface area contributed by atoms with Gasteiger partial charge >= 0.3 is 12.2 Å². The van der Waals surface area contributed by atoms with E-state index in [1.165, 1.54) is 0 Å². The zero-order valence-corrected chi connectivity index (χ0v) is 11.6. The predicted molar refractivity (Wildman–Crippen MR) is 65.9 cm³/mol. The molecule has 20 heavy (non-hydrogen) atoms. The molecule has 0 spiro atoms. The van der Waals surface area contributed by atoms with Crippen molar-refractivity contribution < 1.29 is 26.4 Å². The van der Waals surface area contributed by atoms with Gasteiger partial charge in [0.1, 0.15) is 0 Å². The van der Waals surface area contributed by atoms with Crippen LogP contribution in [-0.2, 0) is 9.84 Å². The number of likely N-dealkylation sites (tertiary alicyclic amines) is 1. The van der Waals surface area contributed by atoms with Crippen LogP contribution in [-0.4, -0.2) is 56.2 Å². The van der Waals surface area contributed by atoms with Gasteiger partial charge in [-0.3, -0.25) is 0 Å². The Morgan fingerprint density at radius 1 is 1.25 bits per heavy atom. The molecule has 0 aromatic heterocycles. The van der Waals surface area contributed by atoms with Crippen LogP contribution in [0, 0.1) is 5.92 Å². The van der Waals surface area contributed by atoms with Crippen LogP contribution in [0.4, 0.5) is 18.0 Å². The van der Waals surface area contributed by atoms with E-state index in [0.29, 0.717) is 12.8 Å². The quantitative estimate of drug-likeness (QED) is 0.790. The van der Waals surface area contributed by atoms with Crippen molar-refractivity contribution in [3.8, 4) is 0 Å². The lowest BCUT2D eigenvalue weighted by Gasteiger charge is -2.34. The number of halogens is 3. The zero-order chi connectivity index (χ0) is 15.0. The van der Waals surface area contributed by atoms with E-state index < -0.39 is 34.0 Å². The number of alkyl halides is 3. The summed E-state index contributed by atoms with van der Waals surface area (Å²) in [4.78, 5) is 13.0.